The number of aryl methyl sites for hydroxylation is 2. The summed E-state index contributed by atoms with van der Waals surface area (Å²) in [5.41, 5.74) is 1.02. The fourth-order valence-corrected chi connectivity index (χ4v) is 2.89. The summed E-state index contributed by atoms with van der Waals surface area (Å²) in [7, 11) is 1.99. The number of aliphatic hydroxyl groups is 1. The Morgan fingerprint density at radius 1 is 1.42 bits per heavy atom. The average Bonchev–Trinajstić information content (AvgIpc) is 2.96. The number of nitrogens with zero attached hydrogens (tertiary/aromatic N) is 2. The van der Waals surface area contributed by atoms with Crippen LogP contribution in [0.2, 0.25) is 0 Å². The summed E-state index contributed by atoms with van der Waals surface area (Å²) in [6, 6.07) is 3.95. The highest BCUT2D eigenvalue weighted by molar-refractivity contribution is 7.15. The van der Waals surface area contributed by atoms with Crippen molar-refractivity contribution in [2.75, 3.05) is 11.9 Å². The Morgan fingerprint density at radius 3 is 2.79 bits per heavy atom. The van der Waals surface area contributed by atoms with Gasteiger partial charge in [0.15, 0.2) is 5.13 Å². The van der Waals surface area contributed by atoms with E-state index in [0.29, 0.717) is 6.54 Å². The average molecular weight is 280 g/mol. The van der Waals surface area contributed by atoms with Crippen LogP contribution in [-0.2, 0) is 19.6 Å². The summed E-state index contributed by atoms with van der Waals surface area (Å²) >= 11 is 1.56. The minimum Gasteiger partial charge on any atom is -0.464 e. The molecule has 0 saturated heterocycles. The van der Waals surface area contributed by atoms with E-state index in [4.69, 9.17) is 4.42 Å². The van der Waals surface area contributed by atoms with Gasteiger partial charge < -0.3 is 14.4 Å². The first-order valence-electron chi connectivity index (χ1n) is 6.50. The van der Waals surface area contributed by atoms with E-state index in [1.165, 1.54) is 0 Å². The Balaban J connectivity index is 2.12. The van der Waals surface area contributed by atoms with Crippen molar-refractivity contribution in [2.24, 2.45) is 0 Å². The lowest BCUT2D eigenvalue weighted by Gasteiger charge is -2.13. The maximum atomic E-state index is 9.37. The number of anilines is 1. The molecule has 1 N–H and O–H groups in total. The lowest BCUT2D eigenvalue weighted by atomic mass is 10.2. The third kappa shape index (κ3) is 3.36. The van der Waals surface area contributed by atoms with Crippen molar-refractivity contribution < 1.29 is 9.52 Å². The SMILES string of the molecule is CCCc1nc(N(C)Cc2ccc(C)o2)sc1CO. The number of rotatable bonds is 6. The van der Waals surface area contributed by atoms with E-state index in [1.54, 1.807) is 11.3 Å². The molecule has 0 atom stereocenters. The molecule has 2 aromatic rings. The monoisotopic (exact) mass is 280 g/mol. The fraction of sp³-hybridized carbons (Fsp3) is 0.500. The summed E-state index contributed by atoms with van der Waals surface area (Å²) in [5, 5.41) is 10.3. The molecule has 5 heteroatoms. The predicted molar refractivity (Wildman–Crippen MR) is 77.6 cm³/mol. The van der Waals surface area contributed by atoms with Crippen LogP contribution < -0.4 is 4.90 Å². The van der Waals surface area contributed by atoms with E-state index >= 15 is 0 Å². The second kappa shape index (κ2) is 6.21. The van der Waals surface area contributed by atoms with E-state index in [0.717, 1.165) is 40.1 Å². The van der Waals surface area contributed by atoms with Crippen LogP contribution in [0.15, 0.2) is 16.5 Å². The first-order chi connectivity index (χ1) is 9.13. The van der Waals surface area contributed by atoms with Crippen molar-refractivity contribution in [3.8, 4) is 0 Å². The summed E-state index contributed by atoms with van der Waals surface area (Å²) in [6.07, 6.45) is 1.96. The van der Waals surface area contributed by atoms with Gasteiger partial charge in [0.1, 0.15) is 11.5 Å². The van der Waals surface area contributed by atoms with Gasteiger partial charge >= 0.3 is 0 Å². The molecule has 0 aliphatic heterocycles. The molecule has 0 fully saturated rings. The molecule has 0 saturated carbocycles. The van der Waals surface area contributed by atoms with Crippen molar-refractivity contribution in [2.45, 2.75) is 39.8 Å². The maximum Gasteiger partial charge on any atom is 0.186 e. The molecule has 0 unspecified atom stereocenters. The number of thiazole rings is 1. The number of hydrogen-bond acceptors (Lipinski definition) is 5. The van der Waals surface area contributed by atoms with Gasteiger partial charge in [-0.15, -0.1) is 0 Å². The van der Waals surface area contributed by atoms with Crippen molar-refractivity contribution in [1.82, 2.24) is 4.98 Å². The van der Waals surface area contributed by atoms with E-state index < -0.39 is 0 Å². The molecule has 2 rings (SSSR count). The summed E-state index contributed by atoms with van der Waals surface area (Å²) < 4.78 is 5.57. The third-order valence-corrected chi connectivity index (χ3v) is 4.11. The van der Waals surface area contributed by atoms with E-state index in [-0.39, 0.29) is 6.61 Å². The molecule has 0 aliphatic rings. The number of aromatic nitrogens is 1. The zero-order valence-electron chi connectivity index (χ0n) is 11.6. The van der Waals surface area contributed by atoms with Gasteiger partial charge in [0.05, 0.1) is 23.7 Å². The molecule has 0 bridgehead atoms. The van der Waals surface area contributed by atoms with Gasteiger partial charge in [0.25, 0.3) is 0 Å². The standard InChI is InChI=1S/C14H20N2O2S/c1-4-5-12-13(9-17)19-14(15-12)16(3)8-11-7-6-10(2)18-11/h6-7,17H,4-5,8-9H2,1-3H3. The highest BCUT2D eigenvalue weighted by Crippen LogP contribution is 2.27. The summed E-state index contributed by atoms with van der Waals surface area (Å²) in [5.74, 6) is 1.85. The molecule has 2 heterocycles. The van der Waals surface area contributed by atoms with Gasteiger partial charge in [-0.05, 0) is 25.5 Å². The maximum absolute atomic E-state index is 9.37. The molecule has 0 aromatic carbocycles. The fourth-order valence-electron chi connectivity index (χ4n) is 1.96. The Kier molecular flexibility index (Phi) is 4.61. The lowest BCUT2D eigenvalue weighted by Crippen LogP contribution is -2.15. The lowest BCUT2D eigenvalue weighted by molar-refractivity contribution is 0.284. The molecule has 4 nitrogen and oxygen atoms in total. The number of hydrogen-bond donors (Lipinski definition) is 1. The highest BCUT2D eigenvalue weighted by atomic mass is 32.1. The third-order valence-electron chi connectivity index (χ3n) is 2.91. The molecule has 2 aromatic heterocycles. The molecular formula is C14H20N2O2S. The largest absolute Gasteiger partial charge is 0.464 e. The smallest absolute Gasteiger partial charge is 0.186 e. The van der Waals surface area contributed by atoms with Gasteiger partial charge in [-0.2, -0.15) is 0 Å². The molecule has 19 heavy (non-hydrogen) atoms. The van der Waals surface area contributed by atoms with Crippen LogP contribution in [0.5, 0.6) is 0 Å². The molecule has 0 spiro atoms. The predicted octanol–water partition coefficient (Wildman–Crippen LogP) is 3.13. The minimum absolute atomic E-state index is 0.0701. The second-order valence-corrected chi connectivity index (χ2v) is 5.70. The zero-order valence-corrected chi connectivity index (χ0v) is 12.5. The van der Waals surface area contributed by atoms with Crippen LogP contribution in [0.1, 0.15) is 35.4 Å². The topological polar surface area (TPSA) is 49.5 Å². The first-order valence-corrected chi connectivity index (χ1v) is 7.31. The Morgan fingerprint density at radius 2 is 2.21 bits per heavy atom. The quantitative estimate of drug-likeness (QED) is 0.883. The zero-order chi connectivity index (χ0) is 13.8. The number of furan rings is 1. The summed E-state index contributed by atoms with van der Waals surface area (Å²) in [6.45, 7) is 4.82. The van der Waals surface area contributed by atoms with Gasteiger partial charge in [-0.3, -0.25) is 0 Å². The normalized spacial score (nSPS) is 10.9. The van der Waals surface area contributed by atoms with Gasteiger partial charge in [0.2, 0.25) is 0 Å². The van der Waals surface area contributed by atoms with Gasteiger partial charge in [-0.25, -0.2) is 4.98 Å². The van der Waals surface area contributed by atoms with Gasteiger partial charge in [0, 0.05) is 7.05 Å². The van der Waals surface area contributed by atoms with Crippen molar-refractivity contribution in [3.05, 3.63) is 34.2 Å². The van der Waals surface area contributed by atoms with Crippen LogP contribution in [-0.4, -0.2) is 17.1 Å². The second-order valence-electron chi connectivity index (χ2n) is 4.64. The van der Waals surface area contributed by atoms with E-state index in [9.17, 15) is 5.11 Å². The molecule has 0 aliphatic carbocycles. The highest BCUT2D eigenvalue weighted by Gasteiger charge is 2.14. The summed E-state index contributed by atoms with van der Waals surface area (Å²) in [4.78, 5) is 7.64. The molecule has 0 radical (unpaired) electrons. The molecule has 104 valence electrons. The van der Waals surface area contributed by atoms with Crippen molar-refractivity contribution in [1.29, 1.82) is 0 Å². The van der Waals surface area contributed by atoms with Crippen molar-refractivity contribution in [3.63, 3.8) is 0 Å². The van der Waals surface area contributed by atoms with Gasteiger partial charge in [-0.1, -0.05) is 24.7 Å². The Bertz CT molecular complexity index is 533. The number of aliphatic hydroxyl groups excluding tert-OH is 1. The van der Waals surface area contributed by atoms with E-state index in [2.05, 4.69) is 16.8 Å². The Labute approximate surface area is 117 Å². The van der Waals surface area contributed by atoms with Crippen LogP contribution in [0, 0.1) is 6.92 Å². The van der Waals surface area contributed by atoms with Crippen LogP contribution in [0.25, 0.3) is 0 Å². The molecule has 0 amide bonds. The van der Waals surface area contributed by atoms with Crippen LogP contribution >= 0.6 is 11.3 Å². The molecular weight excluding hydrogens is 260 g/mol. The first kappa shape index (κ1) is 14.1. The van der Waals surface area contributed by atoms with Crippen LogP contribution in [0.4, 0.5) is 5.13 Å². The van der Waals surface area contributed by atoms with Crippen molar-refractivity contribution >= 4 is 16.5 Å². The minimum atomic E-state index is 0.0701. The van der Waals surface area contributed by atoms with Crippen LogP contribution in [0.3, 0.4) is 0 Å². The van der Waals surface area contributed by atoms with E-state index in [1.807, 2.05) is 26.1 Å². The Hall–Kier alpha value is -1.33.